The zero-order valence-corrected chi connectivity index (χ0v) is 17.3. The van der Waals surface area contributed by atoms with Crippen LogP contribution in [0.25, 0.3) is 10.4 Å². The number of methoxy groups -OCH3 is 1. The lowest BCUT2D eigenvalue weighted by atomic mass is 10.2. The van der Waals surface area contributed by atoms with Gasteiger partial charge in [0.15, 0.2) is 0 Å². The van der Waals surface area contributed by atoms with Crippen molar-refractivity contribution in [3.63, 3.8) is 0 Å². The van der Waals surface area contributed by atoms with E-state index < -0.39 is 16.0 Å². The summed E-state index contributed by atoms with van der Waals surface area (Å²) in [6.45, 7) is 0. The number of ether oxygens (including phenoxy) is 1. The summed E-state index contributed by atoms with van der Waals surface area (Å²) < 4.78 is 33.2. The fraction of sp³-hybridized carbons (Fsp3) is 0.0625. The average Bonchev–Trinajstić information content (AvgIpc) is 3.21. The molecule has 0 aliphatic heterocycles. The standard InChI is InChI=1S/C16H12BrNO5S3/c1-23-10-4-2-9(3-5-10)12-8-11(15(24-12)16(19)20)18-26(21,22)14-7-6-13(17)25-14/h2-8,18H,1H3,(H,19,20). The Morgan fingerprint density at radius 2 is 1.85 bits per heavy atom. The third-order valence-electron chi connectivity index (χ3n) is 3.36. The van der Waals surface area contributed by atoms with Gasteiger partial charge in [-0.05, 0) is 64.0 Å². The smallest absolute Gasteiger partial charge is 0.348 e. The third kappa shape index (κ3) is 3.93. The number of halogens is 1. The van der Waals surface area contributed by atoms with Crippen molar-refractivity contribution in [2.24, 2.45) is 0 Å². The molecule has 2 heterocycles. The van der Waals surface area contributed by atoms with Crippen molar-refractivity contribution < 1.29 is 23.1 Å². The molecule has 3 rings (SSSR count). The van der Waals surface area contributed by atoms with Crippen molar-refractivity contribution in [3.05, 3.63) is 51.1 Å². The summed E-state index contributed by atoms with van der Waals surface area (Å²) >= 11 is 5.26. The molecule has 0 spiro atoms. The predicted octanol–water partition coefficient (Wildman–Crippen LogP) is 4.75. The van der Waals surface area contributed by atoms with Crippen LogP contribution in [0.4, 0.5) is 5.69 Å². The molecule has 26 heavy (non-hydrogen) atoms. The highest BCUT2D eigenvalue weighted by Gasteiger charge is 2.23. The Morgan fingerprint density at radius 1 is 1.15 bits per heavy atom. The Hall–Kier alpha value is -1.88. The van der Waals surface area contributed by atoms with E-state index in [1.165, 1.54) is 12.1 Å². The zero-order chi connectivity index (χ0) is 18.9. The monoisotopic (exact) mass is 473 g/mol. The second-order valence-corrected chi connectivity index (χ2v) is 10.5. The summed E-state index contributed by atoms with van der Waals surface area (Å²) in [6.07, 6.45) is 0. The molecule has 1 aromatic carbocycles. The Labute approximate surface area is 166 Å². The largest absolute Gasteiger partial charge is 0.497 e. The fourth-order valence-corrected chi connectivity index (χ4v) is 6.26. The third-order valence-corrected chi connectivity index (χ3v) is 8.01. The Kier molecular flexibility index (Phi) is 5.37. The molecule has 0 saturated carbocycles. The van der Waals surface area contributed by atoms with Crippen molar-refractivity contribution in [1.29, 1.82) is 0 Å². The molecule has 2 aromatic heterocycles. The molecule has 136 valence electrons. The summed E-state index contributed by atoms with van der Waals surface area (Å²) in [5.74, 6) is -0.521. The van der Waals surface area contributed by atoms with Gasteiger partial charge in [-0.2, -0.15) is 0 Å². The number of thiophene rings is 2. The van der Waals surface area contributed by atoms with Gasteiger partial charge in [0.05, 0.1) is 16.6 Å². The quantitative estimate of drug-likeness (QED) is 0.538. The first-order valence-electron chi connectivity index (χ1n) is 7.10. The van der Waals surface area contributed by atoms with Crippen LogP contribution in [0.15, 0.2) is 50.5 Å². The van der Waals surface area contributed by atoms with E-state index in [9.17, 15) is 18.3 Å². The maximum absolute atomic E-state index is 12.5. The van der Waals surface area contributed by atoms with Gasteiger partial charge < -0.3 is 9.84 Å². The average molecular weight is 474 g/mol. The zero-order valence-electron chi connectivity index (χ0n) is 13.2. The maximum atomic E-state index is 12.5. The number of carboxylic acids is 1. The van der Waals surface area contributed by atoms with Crippen LogP contribution in [0.1, 0.15) is 9.67 Å². The van der Waals surface area contributed by atoms with Gasteiger partial charge in [-0.1, -0.05) is 0 Å². The van der Waals surface area contributed by atoms with E-state index in [0.717, 1.165) is 28.2 Å². The Bertz CT molecular complexity index is 1050. The van der Waals surface area contributed by atoms with Gasteiger partial charge in [0.1, 0.15) is 14.8 Å². The van der Waals surface area contributed by atoms with Gasteiger partial charge in [0.2, 0.25) is 0 Å². The van der Waals surface area contributed by atoms with E-state index in [0.29, 0.717) is 14.4 Å². The molecule has 10 heteroatoms. The summed E-state index contributed by atoms with van der Waals surface area (Å²) in [4.78, 5) is 12.1. The number of hydrogen-bond donors (Lipinski definition) is 2. The lowest BCUT2D eigenvalue weighted by molar-refractivity contribution is 0.0703. The first kappa shape index (κ1) is 18.9. The highest BCUT2D eigenvalue weighted by molar-refractivity contribution is 9.11. The van der Waals surface area contributed by atoms with E-state index in [1.807, 2.05) is 0 Å². The normalized spacial score (nSPS) is 11.3. The number of nitrogens with one attached hydrogen (secondary N) is 1. The van der Waals surface area contributed by atoms with Gasteiger partial charge in [-0.25, -0.2) is 13.2 Å². The van der Waals surface area contributed by atoms with Gasteiger partial charge in [0.25, 0.3) is 10.0 Å². The van der Waals surface area contributed by atoms with Crippen molar-refractivity contribution in [3.8, 4) is 16.2 Å². The maximum Gasteiger partial charge on any atom is 0.348 e. The van der Waals surface area contributed by atoms with Crippen LogP contribution in [0, 0.1) is 0 Å². The van der Waals surface area contributed by atoms with Crippen LogP contribution in [-0.2, 0) is 10.0 Å². The van der Waals surface area contributed by atoms with Gasteiger partial charge in [0, 0.05) is 4.88 Å². The SMILES string of the molecule is COc1ccc(-c2cc(NS(=O)(=O)c3ccc(Br)s3)c(C(=O)O)s2)cc1. The Morgan fingerprint density at radius 3 is 2.38 bits per heavy atom. The number of rotatable bonds is 6. The topological polar surface area (TPSA) is 92.7 Å². The van der Waals surface area contributed by atoms with Crippen molar-refractivity contribution in [2.45, 2.75) is 4.21 Å². The van der Waals surface area contributed by atoms with Crippen molar-refractivity contribution >= 4 is 60.3 Å². The summed E-state index contributed by atoms with van der Waals surface area (Å²) in [7, 11) is -2.31. The molecule has 0 bridgehead atoms. The predicted molar refractivity (Wildman–Crippen MR) is 106 cm³/mol. The molecule has 0 amide bonds. The fourth-order valence-electron chi connectivity index (χ4n) is 2.16. The minimum absolute atomic E-state index is 0.0397. The highest BCUT2D eigenvalue weighted by Crippen LogP contribution is 2.37. The molecule has 0 radical (unpaired) electrons. The summed E-state index contributed by atoms with van der Waals surface area (Å²) in [6, 6.07) is 11.7. The molecule has 2 N–H and O–H groups in total. The number of hydrogen-bond acceptors (Lipinski definition) is 6. The van der Waals surface area contributed by atoms with Crippen LogP contribution < -0.4 is 9.46 Å². The molecule has 0 aliphatic rings. The van der Waals surface area contributed by atoms with E-state index in [2.05, 4.69) is 20.7 Å². The Balaban J connectivity index is 1.98. The van der Waals surface area contributed by atoms with Crippen molar-refractivity contribution in [1.82, 2.24) is 0 Å². The first-order valence-corrected chi connectivity index (χ1v) is 11.0. The number of sulfonamides is 1. The molecule has 0 fully saturated rings. The van der Waals surface area contributed by atoms with E-state index in [1.54, 1.807) is 37.4 Å². The number of carbonyl (C=O) groups is 1. The minimum Gasteiger partial charge on any atom is -0.497 e. The molecule has 0 atom stereocenters. The van der Waals surface area contributed by atoms with Gasteiger partial charge in [-0.3, -0.25) is 4.72 Å². The van der Waals surface area contributed by atoms with E-state index >= 15 is 0 Å². The highest BCUT2D eigenvalue weighted by atomic mass is 79.9. The van der Waals surface area contributed by atoms with Crippen LogP contribution in [-0.4, -0.2) is 26.6 Å². The van der Waals surface area contributed by atoms with Crippen LogP contribution in [0.5, 0.6) is 5.75 Å². The number of anilines is 1. The number of aromatic carboxylic acids is 1. The molecular weight excluding hydrogens is 462 g/mol. The first-order chi connectivity index (χ1) is 12.3. The second kappa shape index (κ2) is 7.39. The van der Waals surface area contributed by atoms with E-state index in [4.69, 9.17) is 4.74 Å². The lowest BCUT2D eigenvalue weighted by Gasteiger charge is -2.05. The molecule has 3 aromatic rings. The molecule has 0 saturated heterocycles. The van der Waals surface area contributed by atoms with E-state index in [-0.39, 0.29) is 14.8 Å². The second-order valence-electron chi connectivity index (χ2n) is 5.05. The molecule has 0 aliphatic carbocycles. The number of carboxylic acid groups (broad SMARTS) is 1. The van der Waals surface area contributed by atoms with Crippen molar-refractivity contribution in [2.75, 3.05) is 11.8 Å². The van der Waals surface area contributed by atoms with Crippen LogP contribution in [0.3, 0.4) is 0 Å². The summed E-state index contributed by atoms with van der Waals surface area (Å²) in [5.41, 5.74) is 0.806. The summed E-state index contributed by atoms with van der Waals surface area (Å²) in [5, 5.41) is 9.43. The molecule has 6 nitrogen and oxygen atoms in total. The molecular formula is C16H12BrNO5S3. The van der Waals surface area contributed by atoms with Crippen LogP contribution in [0.2, 0.25) is 0 Å². The van der Waals surface area contributed by atoms with Gasteiger partial charge in [-0.15, -0.1) is 22.7 Å². The number of benzene rings is 1. The molecule has 0 unspecified atom stereocenters. The van der Waals surface area contributed by atoms with Gasteiger partial charge >= 0.3 is 5.97 Å². The minimum atomic E-state index is -3.87. The van der Waals surface area contributed by atoms with Crippen LogP contribution >= 0.6 is 38.6 Å². The lowest BCUT2D eigenvalue weighted by Crippen LogP contribution is -2.13.